The molecule has 18 heavy (non-hydrogen) atoms. The van der Waals surface area contributed by atoms with E-state index < -0.39 is 0 Å². The highest BCUT2D eigenvalue weighted by Gasteiger charge is 2.30. The minimum atomic E-state index is 0.226. The van der Waals surface area contributed by atoms with Gasteiger partial charge in [0.1, 0.15) is 0 Å². The molecule has 4 heteroatoms. The van der Waals surface area contributed by atoms with Crippen LogP contribution in [-0.4, -0.2) is 23.0 Å². The third-order valence-corrected chi connectivity index (χ3v) is 4.82. The van der Waals surface area contributed by atoms with Crippen LogP contribution in [0.1, 0.15) is 25.8 Å². The van der Waals surface area contributed by atoms with Crippen LogP contribution in [-0.2, 0) is 6.42 Å². The topological polar surface area (TPSA) is 24.4 Å². The van der Waals surface area contributed by atoms with Crippen molar-refractivity contribution in [1.82, 2.24) is 5.32 Å². The van der Waals surface area contributed by atoms with Crippen molar-refractivity contribution >= 4 is 28.5 Å². The van der Waals surface area contributed by atoms with Crippen LogP contribution in [0, 0.1) is 0 Å². The van der Waals surface area contributed by atoms with Gasteiger partial charge in [-0.15, -0.1) is 0 Å². The number of thioether (sulfide) groups is 1. The molecule has 0 radical (unpaired) electrons. The number of amidine groups is 1. The number of nitrogens with zero attached hydrogens (tertiary/aromatic N) is 1. The smallest absolute Gasteiger partial charge is 0.157 e. The van der Waals surface area contributed by atoms with E-state index in [9.17, 15) is 0 Å². The fourth-order valence-electron chi connectivity index (χ4n) is 1.77. The van der Waals surface area contributed by atoms with E-state index in [1.807, 2.05) is 23.9 Å². The standard InChI is InChI=1S/C14H19ClN2S/c1-3-14(2)10-18-13(17-14)16-9-8-11-4-6-12(15)7-5-11/h4-7H,3,8-10H2,1-2H3,(H,16,17). The lowest BCUT2D eigenvalue weighted by atomic mass is 10.0. The molecule has 0 amide bonds. The molecular formula is C14H19ClN2S. The average Bonchev–Trinajstić information content (AvgIpc) is 2.75. The van der Waals surface area contributed by atoms with Gasteiger partial charge in [-0.2, -0.15) is 0 Å². The Morgan fingerprint density at radius 3 is 2.72 bits per heavy atom. The van der Waals surface area contributed by atoms with Gasteiger partial charge < -0.3 is 5.32 Å². The molecule has 1 aromatic carbocycles. The van der Waals surface area contributed by atoms with Gasteiger partial charge in [0.25, 0.3) is 0 Å². The lowest BCUT2D eigenvalue weighted by Crippen LogP contribution is -2.39. The van der Waals surface area contributed by atoms with Gasteiger partial charge in [-0.3, -0.25) is 4.99 Å². The van der Waals surface area contributed by atoms with Crippen molar-refractivity contribution in [3.8, 4) is 0 Å². The van der Waals surface area contributed by atoms with Crippen molar-refractivity contribution < 1.29 is 0 Å². The van der Waals surface area contributed by atoms with Gasteiger partial charge in [0.15, 0.2) is 5.17 Å². The maximum absolute atomic E-state index is 5.86. The summed E-state index contributed by atoms with van der Waals surface area (Å²) in [7, 11) is 0. The maximum Gasteiger partial charge on any atom is 0.157 e. The van der Waals surface area contributed by atoms with Crippen LogP contribution in [0.3, 0.4) is 0 Å². The predicted octanol–water partition coefficient (Wildman–Crippen LogP) is 3.74. The quantitative estimate of drug-likeness (QED) is 0.910. The van der Waals surface area contributed by atoms with Crippen molar-refractivity contribution in [2.75, 3.05) is 12.3 Å². The molecule has 1 aliphatic rings. The van der Waals surface area contributed by atoms with Crippen LogP contribution < -0.4 is 5.32 Å². The molecule has 0 saturated carbocycles. The molecule has 1 fully saturated rings. The van der Waals surface area contributed by atoms with Gasteiger partial charge in [0.2, 0.25) is 0 Å². The predicted molar refractivity (Wildman–Crippen MR) is 81.7 cm³/mol. The minimum Gasteiger partial charge on any atom is -0.359 e. The first kappa shape index (κ1) is 13.8. The fraction of sp³-hybridized carbons (Fsp3) is 0.500. The zero-order valence-corrected chi connectivity index (χ0v) is 12.4. The molecular weight excluding hydrogens is 264 g/mol. The summed E-state index contributed by atoms with van der Waals surface area (Å²) in [6.07, 6.45) is 2.10. The molecule has 0 bridgehead atoms. The molecule has 1 atom stereocenters. The van der Waals surface area contributed by atoms with Crippen LogP contribution in [0.2, 0.25) is 5.02 Å². The molecule has 0 spiro atoms. The van der Waals surface area contributed by atoms with Crippen LogP contribution >= 0.6 is 23.4 Å². The second-order valence-corrected chi connectivity index (χ2v) is 6.29. The molecule has 2 rings (SSSR count). The summed E-state index contributed by atoms with van der Waals surface area (Å²) < 4.78 is 0. The highest BCUT2D eigenvalue weighted by atomic mass is 35.5. The van der Waals surface area contributed by atoms with Gasteiger partial charge in [-0.05, 0) is 37.5 Å². The highest BCUT2D eigenvalue weighted by Crippen LogP contribution is 2.25. The SMILES string of the molecule is CCC1(C)CSC(=NCCc2ccc(Cl)cc2)N1. The normalized spacial score (nSPS) is 25.4. The number of halogens is 1. The zero-order valence-electron chi connectivity index (χ0n) is 10.9. The fourth-order valence-corrected chi connectivity index (χ4v) is 3.13. The summed E-state index contributed by atoms with van der Waals surface area (Å²) in [5.41, 5.74) is 1.51. The van der Waals surface area contributed by atoms with Crippen molar-refractivity contribution in [3.63, 3.8) is 0 Å². The van der Waals surface area contributed by atoms with Crippen LogP contribution in [0.4, 0.5) is 0 Å². The molecule has 1 heterocycles. The Labute approximate surface area is 118 Å². The first-order valence-corrected chi connectivity index (χ1v) is 7.67. The zero-order chi connectivity index (χ0) is 13.0. The van der Waals surface area contributed by atoms with Crippen molar-refractivity contribution in [2.24, 2.45) is 4.99 Å². The Balaban J connectivity index is 1.84. The molecule has 0 aliphatic carbocycles. The van der Waals surface area contributed by atoms with E-state index in [0.29, 0.717) is 0 Å². The van der Waals surface area contributed by atoms with Gasteiger partial charge in [-0.1, -0.05) is 42.4 Å². The summed E-state index contributed by atoms with van der Waals surface area (Å²) in [5.74, 6) is 1.11. The Hall–Kier alpha value is -0.670. The third-order valence-electron chi connectivity index (χ3n) is 3.29. The van der Waals surface area contributed by atoms with E-state index in [4.69, 9.17) is 11.6 Å². The molecule has 98 valence electrons. The number of benzene rings is 1. The largest absolute Gasteiger partial charge is 0.359 e. The number of rotatable bonds is 4. The van der Waals surface area contributed by atoms with Gasteiger partial charge in [-0.25, -0.2) is 0 Å². The van der Waals surface area contributed by atoms with Gasteiger partial charge in [0, 0.05) is 22.9 Å². The summed E-state index contributed by atoms with van der Waals surface area (Å²) in [6.45, 7) is 5.29. The van der Waals surface area contributed by atoms with Crippen LogP contribution in [0.15, 0.2) is 29.3 Å². The number of hydrogen-bond acceptors (Lipinski definition) is 2. The van der Waals surface area contributed by atoms with E-state index in [-0.39, 0.29) is 5.54 Å². The van der Waals surface area contributed by atoms with Gasteiger partial charge in [0.05, 0.1) is 0 Å². The summed E-state index contributed by atoms with van der Waals surface area (Å²) in [4.78, 5) is 4.62. The summed E-state index contributed by atoms with van der Waals surface area (Å²) >= 11 is 7.69. The van der Waals surface area contributed by atoms with Crippen molar-refractivity contribution in [1.29, 1.82) is 0 Å². The van der Waals surface area contributed by atoms with E-state index >= 15 is 0 Å². The number of aliphatic imine (C=N–C) groups is 1. The summed E-state index contributed by atoms with van der Waals surface area (Å²) in [5, 5.41) is 5.38. The molecule has 1 N–H and O–H groups in total. The van der Waals surface area contributed by atoms with E-state index in [0.717, 1.165) is 35.3 Å². The molecule has 0 aromatic heterocycles. The van der Waals surface area contributed by atoms with Gasteiger partial charge >= 0.3 is 0 Å². The minimum absolute atomic E-state index is 0.226. The first-order chi connectivity index (χ1) is 8.61. The lowest BCUT2D eigenvalue weighted by molar-refractivity contribution is 0.466. The summed E-state index contributed by atoms with van der Waals surface area (Å²) in [6, 6.07) is 7.99. The molecule has 1 aliphatic heterocycles. The molecule has 1 unspecified atom stereocenters. The second-order valence-electron chi connectivity index (χ2n) is 4.89. The highest BCUT2D eigenvalue weighted by molar-refractivity contribution is 8.14. The van der Waals surface area contributed by atoms with Crippen LogP contribution in [0.25, 0.3) is 0 Å². The number of nitrogens with one attached hydrogen (secondary N) is 1. The maximum atomic E-state index is 5.86. The molecule has 1 aromatic rings. The Kier molecular flexibility index (Phi) is 4.57. The van der Waals surface area contributed by atoms with Crippen molar-refractivity contribution in [3.05, 3.63) is 34.9 Å². The second kappa shape index (κ2) is 5.98. The average molecular weight is 283 g/mol. The molecule has 1 saturated heterocycles. The lowest BCUT2D eigenvalue weighted by Gasteiger charge is -2.20. The van der Waals surface area contributed by atoms with E-state index in [2.05, 4.69) is 36.3 Å². The first-order valence-electron chi connectivity index (χ1n) is 6.31. The van der Waals surface area contributed by atoms with Crippen molar-refractivity contribution in [2.45, 2.75) is 32.2 Å². The van der Waals surface area contributed by atoms with Crippen LogP contribution in [0.5, 0.6) is 0 Å². The third kappa shape index (κ3) is 3.66. The monoisotopic (exact) mass is 282 g/mol. The van der Waals surface area contributed by atoms with E-state index in [1.165, 1.54) is 5.56 Å². The Morgan fingerprint density at radius 2 is 2.11 bits per heavy atom. The Bertz CT molecular complexity index is 430. The molecule has 2 nitrogen and oxygen atoms in total. The van der Waals surface area contributed by atoms with E-state index in [1.54, 1.807) is 0 Å². The Morgan fingerprint density at radius 1 is 1.39 bits per heavy atom. The number of hydrogen-bond donors (Lipinski definition) is 1.